The molecule has 0 aliphatic heterocycles. The van der Waals surface area contributed by atoms with Gasteiger partial charge in [-0.25, -0.2) is 9.78 Å². The zero-order chi connectivity index (χ0) is 21.6. The molecule has 0 saturated carbocycles. The molecule has 3 heteroatoms. The SMILES string of the molecule is Cc1ccc(C)c(/C=C2\C[C@@H](C(C)(C)C)Cc3c2nc2ccccc2c3C(=O)O)c1. The Morgan fingerprint density at radius 1 is 1.10 bits per heavy atom. The number of para-hydroxylation sites is 1. The molecule has 1 heterocycles. The minimum atomic E-state index is -0.870. The number of rotatable bonds is 2. The van der Waals surface area contributed by atoms with Gasteiger partial charge in [0.1, 0.15) is 0 Å². The Morgan fingerprint density at radius 2 is 1.83 bits per heavy atom. The summed E-state index contributed by atoms with van der Waals surface area (Å²) in [6.07, 6.45) is 3.86. The topological polar surface area (TPSA) is 50.2 Å². The quantitative estimate of drug-likeness (QED) is 0.522. The van der Waals surface area contributed by atoms with Gasteiger partial charge in [-0.05, 0) is 72.4 Å². The Balaban J connectivity index is 2.03. The third kappa shape index (κ3) is 3.65. The first kappa shape index (κ1) is 20.3. The fourth-order valence-corrected chi connectivity index (χ4v) is 4.48. The number of aryl methyl sites for hydroxylation is 2. The minimum Gasteiger partial charge on any atom is -0.478 e. The average Bonchev–Trinajstić information content (AvgIpc) is 2.68. The van der Waals surface area contributed by atoms with Crippen molar-refractivity contribution in [1.29, 1.82) is 0 Å². The van der Waals surface area contributed by atoms with E-state index in [1.807, 2.05) is 24.3 Å². The van der Waals surface area contributed by atoms with E-state index in [-0.39, 0.29) is 5.41 Å². The van der Waals surface area contributed by atoms with Gasteiger partial charge in [-0.15, -0.1) is 0 Å². The van der Waals surface area contributed by atoms with Gasteiger partial charge in [0, 0.05) is 5.39 Å². The van der Waals surface area contributed by atoms with Crippen LogP contribution in [0.2, 0.25) is 0 Å². The zero-order valence-electron chi connectivity index (χ0n) is 18.4. The van der Waals surface area contributed by atoms with Crippen molar-refractivity contribution in [3.8, 4) is 0 Å². The molecule has 0 fully saturated rings. The summed E-state index contributed by atoms with van der Waals surface area (Å²) < 4.78 is 0. The van der Waals surface area contributed by atoms with Crippen LogP contribution in [0.3, 0.4) is 0 Å². The average molecular weight is 400 g/mol. The molecule has 0 saturated heterocycles. The van der Waals surface area contributed by atoms with Gasteiger partial charge in [-0.3, -0.25) is 0 Å². The van der Waals surface area contributed by atoms with Crippen LogP contribution in [0.5, 0.6) is 0 Å². The van der Waals surface area contributed by atoms with Gasteiger partial charge >= 0.3 is 5.97 Å². The number of carboxylic acid groups (broad SMARTS) is 1. The van der Waals surface area contributed by atoms with Crippen molar-refractivity contribution in [1.82, 2.24) is 4.98 Å². The molecule has 0 bridgehead atoms. The molecule has 1 aliphatic carbocycles. The molecule has 154 valence electrons. The number of carbonyl (C=O) groups is 1. The largest absolute Gasteiger partial charge is 0.478 e. The van der Waals surface area contributed by atoms with Gasteiger partial charge in [-0.2, -0.15) is 0 Å². The highest BCUT2D eigenvalue weighted by Gasteiger charge is 2.35. The molecule has 3 aromatic rings. The van der Waals surface area contributed by atoms with Crippen LogP contribution in [-0.4, -0.2) is 16.1 Å². The maximum absolute atomic E-state index is 12.4. The first-order valence-electron chi connectivity index (χ1n) is 10.6. The minimum absolute atomic E-state index is 0.0693. The van der Waals surface area contributed by atoms with E-state index in [0.717, 1.165) is 40.6 Å². The molecular weight excluding hydrogens is 370 g/mol. The molecule has 3 nitrogen and oxygen atoms in total. The lowest BCUT2D eigenvalue weighted by Gasteiger charge is -2.36. The Labute approximate surface area is 178 Å². The second kappa shape index (κ2) is 7.39. The first-order chi connectivity index (χ1) is 14.1. The van der Waals surface area contributed by atoms with E-state index in [1.165, 1.54) is 16.7 Å². The number of allylic oxidation sites excluding steroid dienone is 1. The van der Waals surface area contributed by atoms with Crippen LogP contribution >= 0.6 is 0 Å². The van der Waals surface area contributed by atoms with E-state index in [2.05, 4.69) is 58.9 Å². The molecular formula is C27H29NO2. The molecule has 0 radical (unpaired) electrons. The van der Waals surface area contributed by atoms with E-state index in [0.29, 0.717) is 11.5 Å². The van der Waals surface area contributed by atoms with Crippen molar-refractivity contribution >= 4 is 28.5 Å². The lowest BCUT2D eigenvalue weighted by molar-refractivity contribution is 0.0696. The van der Waals surface area contributed by atoms with Gasteiger partial charge in [-0.1, -0.05) is 62.7 Å². The number of fused-ring (bicyclic) bond motifs is 2. The van der Waals surface area contributed by atoms with Crippen LogP contribution in [0.1, 0.15) is 65.5 Å². The summed E-state index contributed by atoms with van der Waals surface area (Å²) >= 11 is 0. The van der Waals surface area contributed by atoms with Gasteiger partial charge < -0.3 is 5.11 Å². The van der Waals surface area contributed by atoms with Crippen LogP contribution in [-0.2, 0) is 6.42 Å². The van der Waals surface area contributed by atoms with Crippen LogP contribution in [0.25, 0.3) is 22.6 Å². The highest BCUT2D eigenvalue weighted by atomic mass is 16.4. The monoisotopic (exact) mass is 399 g/mol. The fraction of sp³-hybridized carbons (Fsp3) is 0.333. The number of hydrogen-bond acceptors (Lipinski definition) is 2. The van der Waals surface area contributed by atoms with Gasteiger partial charge in [0.2, 0.25) is 0 Å². The lowest BCUT2D eigenvalue weighted by atomic mass is 9.69. The van der Waals surface area contributed by atoms with Crippen LogP contribution in [0.15, 0.2) is 42.5 Å². The molecule has 0 amide bonds. The summed E-state index contributed by atoms with van der Waals surface area (Å²) in [5, 5.41) is 10.9. The van der Waals surface area contributed by atoms with E-state index >= 15 is 0 Å². The van der Waals surface area contributed by atoms with Crippen molar-refractivity contribution in [3.05, 3.63) is 76.0 Å². The Bertz CT molecular complexity index is 1180. The highest BCUT2D eigenvalue weighted by molar-refractivity contribution is 6.06. The van der Waals surface area contributed by atoms with Gasteiger partial charge in [0.05, 0.1) is 16.8 Å². The standard InChI is InChI=1S/C27H29NO2/c1-16-10-11-17(2)18(12-16)13-19-14-20(27(3,4)5)15-22-24(26(29)30)21-8-6-7-9-23(21)28-25(19)22/h6-13,20H,14-15H2,1-5H3,(H,29,30)/b19-13+/t20-/m1/s1. The number of carboxylic acids is 1. The number of benzene rings is 2. The third-order valence-corrected chi connectivity index (χ3v) is 6.42. The summed E-state index contributed by atoms with van der Waals surface area (Å²) in [5.41, 5.74) is 7.71. The maximum Gasteiger partial charge on any atom is 0.336 e. The highest BCUT2D eigenvalue weighted by Crippen LogP contribution is 2.44. The molecule has 0 unspecified atom stereocenters. The molecule has 2 aromatic carbocycles. The van der Waals surface area contributed by atoms with E-state index in [9.17, 15) is 9.90 Å². The van der Waals surface area contributed by atoms with Crippen molar-refractivity contribution in [3.63, 3.8) is 0 Å². The first-order valence-corrected chi connectivity index (χ1v) is 10.6. The predicted molar refractivity (Wildman–Crippen MR) is 124 cm³/mol. The van der Waals surface area contributed by atoms with Gasteiger partial charge in [0.15, 0.2) is 0 Å². The van der Waals surface area contributed by atoms with E-state index < -0.39 is 5.97 Å². The summed E-state index contributed by atoms with van der Waals surface area (Å²) in [6.45, 7) is 10.9. The summed E-state index contributed by atoms with van der Waals surface area (Å²) in [4.78, 5) is 17.3. The van der Waals surface area contributed by atoms with E-state index in [1.54, 1.807) is 0 Å². The van der Waals surface area contributed by atoms with Crippen molar-refractivity contribution in [2.75, 3.05) is 0 Å². The predicted octanol–water partition coefficient (Wildman–Crippen LogP) is 6.70. The van der Waals surface area contributed by atoms with E-state index in [4.69, 9.17) is 4.98 Å². The smallest absolute Gasteiger partial charge is 0.336 e. The van der Waals surface area contributed by atoms with Gasteiger partial charge in [0.25, 0.3) is 0 Å². The lowest BCUT2D eigenvalue weighted by Crippen LogP contribution is -2.28. The Hall–Kier alpha value is -2.94. The molecule has 1 atom stereocenters. The third-order valence-electron chi connectivity index (χ3n) is 6.42. The molecule has 30 heavy (non-hydrogen) atoms. The maximum atomic E-state index is 12.4. The molecule has 0 spiro atoms. The molecule has 1 aliphatic rings. The zero-order valence-corrected chi connectivity index (χ0v) is 18.4. The Morgan fingerprint density at radius 3 is 2.53 bits per heavy atom. The van der Waals surface area contributed by atoms with Crippen molar-refractivity contribution < 1.29 is 9.90 Å². The van der Waals surface area contributed by atoms with Crippen LogP contribution in [0, 0.1) is 25.2 Å². The number of aromatic nitrogens is 1. The summed E-state index contributed by atoms with van der Waals surface area (Å²) in [5.74, 6) is -0.520. The number of nitrogens with zero attached hydrogens (tertiary/aromatic N) is 1. The molecule has 4 rings (SSSR count). The van der Waals surface area contributed by atoms with Crippen LogP contribution < -0.4 is 0 Å². The number of pyridine rings is 1. The normalized spacial score (nSPS) is 17.9. The number of hydrogen-bond donors (Lipinski definition) is 1. The van der Waals surface area contributed by atoms with Crippen LogP contribution in [0.4, 0.5) is 0 Å². The van der Waals surface area contributed by atoms with Crippen molar-refractivity contribution in [2.24, 2.45) is 11.3 Å². The second-order valence-corrected chi connectivity index (χ2v) is 9.64. The number of aromatic carboxylic acids is 1. The fourth-order valence-electron chi connectivity index (χ4n) is 4.48. The summed E-state index contributed by atoms with van der Waals surface area (Å²) in [6, 6.07) is 14.1. The van der Waals surface area contributed by atoms with Crippen molar-refractivity contribution in [2.45, 2.75) is 47.5 Å². The summed E-state index contributed by atoms with van der Waals surface area (Å²) in [7, 11) is 0. The molecule has 1 aromatic heterocycles. The Kier molecular flexibility index (Phi) is 5.01. The second-order valence-electron chi connectivity index (χ2n) is 9.64. The molecule has 1 N–H and O–H groups in total.